The molecule has 0 saturated carbocycles. The second-order valence-electron chi connectivity index (χ2n) is 3.66. The van der Waals surface area contributed by atoms with Crippen LogP contribution in [0.25, 0.3) is 0 Å². The van der Waals surface area contributed by atoms with Crippen molar-refractivity contribution < 1.29 is 9.47 Å². The maximum absolute atomic E-state index is 5.44. The van der Waals surface area contributed by atoms with E-state index in [4.69, 9.17) is 9.47 Å². The van der Waals surface area contributed by atoms with E-state index in [9.17, 15) is 0 Å². The molecule has 15 heavy (non-hydrogen) atoms. The van der Waals surface area contributed by atoms with Gasteiger partial charge in [-0.15, -0.1) is 5.10 Å². The molecule has 0 amide bonds. The van der Waals surface area contributed by atoms with Gasteiger partial charge >= 0.3 is 0 Å². The molecular formula is C10H15N3O2. The van der Waals surface area contributed by atoms with Crippen molar-refractivity contribution in [2.75, 3.05) is 20.3 Å². The number of hydrogen-bond donors (Lipinski definition) is 1. The molecule has 82 valence electrons. The largest absolute Gasteiger partial charge is 0.480 e. The molecule has 2 heterocycles. The third kappa shape index (κ3) is 2.43. The highest BCUT2D eigenvalue weighted by Crippen LogP contribution is 2.16. The third-order valence-corrected chi connectivity index (χ3v) is 2.36. The van der Waals surface area contributed by atoms with E-state index in [0.717, 1.165) is 12.3 Å². The monoisotopic (exact) mass is 209 g/mol. The lowest BCUT2D eigenvalue weighted by atomic mass is 10.1. The molecule has 2 atom stereocenters. The Balaban J connectivity index is 2.07. The molecule has 5 nitrogen and oxygen atoms in total. The van der Waals surface area contributed by atoms with Crippen LogP contribution in [0.5, 0.6) is 5.88 Å². The Labute approximate surface area is 88.8 Å². The van der Waals surface area contributed by atoms with Crippen molar-refractivity contribution in [1.82, 2.24) is 15.5 Å². The summed E-state index contributed by atoms with van der Waals surface area (Å²) in [5.74, 6) is 0.531. The SMILES string of the molecule is COc1ccc(C2COCC(C)N2)nn1. The molecule has 1 aromatic rings. The number of aromatic nitrogens is 2. The minimum Gasteiger partial charge on any atom is -0.480 e. The summed E-state index contributed by atoms with van der Waals surface area (Å²) in [6, 6.07) is 4.20. The van der Waals surface area contributed by atoms with Gasteiger partial charge in [0, 0.05) is 12.1 Å². The highest BCUT2D eigenvalue weighted by atomic mass is 16.5. The average Bonchev–Trinajstić information content (AvgIpc) is 2.29. The molecule has 5 heteroatoms. The van der Waals surface area contributed by atoms with E-state index < -0.39 is 0 Å². The lowest BCUT2D eigenvalue weighted by Gasteiger charge is -2.28. The summed E-state index contributed by atoms with van der Waals surface area (Å²) < 4.78 is 10.4. The molecule has 1 aliphatic rings. The van der Waals surface area contributed by atoms with Gasteiger partial charge in [-0.3, -0.25) is 0 Å². The van der Waals surface area contributed by atoms with Gasteiger partial charge in [-0.05, 0) is 13.0 Å². The maximum Gasteiger partial charge on any atom is 0.233 e. The maximum atomic E-state index is 5.44. The van der Waals surface area contributed by atoms with Crippen LogP contribution in [-0.4, -0.2) is 36.6 Å². The first-order chi connectivity index (χ1) is 7.29. The summed E-state index contributed by atoms with van der Waals surface area (Å²) in [5.41, 5.74) is 0.891. The Hall–Kier alpha value is -1.20. The van der Waals surface area contributed by atoms with Gasteiger partial charge in [-0.2, -0.15) is 5.10 Å². The molecule has 0 radical (unpaired) electrons. The van der Waals surface area contributed by atoms with Crippen LogP contribution in [0.3, 0.4) is 0 Å². The Morgan fingerprint density at radius 3 is 2.87 bits per heavy atom. The quantitative estimate of drug-likeness (QED) is 0.770. The molecule has 1 N–H and O–H groups in total. The molecule has 0 aromatic carbocycles. The topological polar surface area (TPSA) is 56.3 Å². The van der Waals surface area contributed by atoms with E-state index >= 15 is 0 Å². The van der Waals surface area contributed by atoms with Crippen LogP contribution in [0, 0.1) is 0 Å². The van der Waals surface area contributed by atoms with Gasteiger partial charge in [0.1, 0.15) is 0 Å². The van der Waals surface area contributed by atoms with Gasteiger partial charge in [0.15, 0.2) is 0 Å². The second kappa shape index (κ2) is 4.55. The molecular weight excluding hydrogens is 194 g/mol. The van der Waals surface area contributed by atoms with E-state index in [0.29, 0.717) is 18.5 Å². The van der Waals surface area contributed by atoms with Crippen LogP contribution in [-0.2, 0) is 4.74 Å². The van der Waals surface area contributed by atoms with Crippen molar-refractivity contribution in [3.05, 3.63) is 17.8 Å². The fraction of sp³-hybridized carbons (Fsp3) is 0.600. The van der Waals surface area contributed by atoms with Crippen LogP contribution in [0.4, 0.5) is 0 Å². The van der Waals surface area contributed by atoms with Gasteiger partial charge in [0.2, 0.25) is 5.88 Å². The zero-order valence-electron chi connectivity index (χ0n) is 8.93. The van der Waals surface area contributed by atoms with E-state index in [1.165, 1.54) is 0 Å². The zero-order chi connectivity index (χ0) is 10.7. The molecule has 2 unspecified atom stereocenters. The molecule has 0 aliphatic carbocycles. The number of nitrogens with zero attached hydrogens (tertiary/aromatic N) is 2. The molecule has 0 bridgehead atoms. The summed E-state index contributed by atoms with van der Waals surface area (Å²) in [6.45, 7) is 3.48. The molecule has 1 aromatic heterocycles. The Kier molecular flexibility index (Phi) is 3.13. The van der Waals surface area contributed by atoms with E-state index in [2.05, 4.69) is 22.4 Å². The van der Waals surface area contributed by atoms with Gasteiger partial charge in [0.25, 0.3) is 0 Å². The third-order valence-electron chi connectivity index (χ3n) is 2.36. The summed E-state index contributed by atoms with van der Waals surface area (Å²) in [7, 11) is 1.58. The van der Waals surface area contributed by atoms with Gasteiger partial charge in [-0.1, -0.05) is 0 Å². The minimum atomic E-state index is 0.132. The number of hydrogen-bond acceptors (Lipinski definition) is 5. The van der Waals surface area contributed by atoms with E-state index in [1.54, 1.807) is 7.11 Å². The number of methoxy groups -OCH3 is 1. The first-order valence-corrected chi connectivity index (χ1v) is 5.01. The normalized spacial score (nSPS) is 26.3. The van der Waals surface area contributed by atoms with Gasteiger partial charge in [-0.25, -0.2) is 0 Å². The lowest BCUT2D eigenvalue weighted by Crippen LogP contribution is -2.42. The van der Waals surface area contributed by atoms with Crippen molar-refractivity contribution in [2.24, 2.45) is 0 Å². The first-order valence-electron chi connectivity index (χ1n) is 5.01. The predicted octanol–water partition coefficient (Wildman–Crippen LogP) is 0.535. The van der Waals surface area contributed by atoms with Crippen LogP contribution >= 0.6 is 0 Å². The number of morpholine rings is 1. The molecule has 1 saturated heterocycles. The molecule has 1 fully saturated rings. The smallest absolute Gasteiger partial charge is 0.233 e. The standard InChI is InChI=1S/C10H15N3O2/c1-7-5-15-6-9(11-7)8-3-4-10(14-2)13-12-8/h3-4,7,9,11H,5-6H2,1-2H3. The fourth-order valence-electron chi connectivity index (χ4n) is 1.60. The van der Waals surface area contributed by atoms with Gasteiger partial charge < -0.3 is 14.8 Å². The van der Waals surface area contributed by atoms with E-state index in [1.807, 2.05) is 12.1 Å². The number of ether oxygens (including phenoxy) is 2. The summed E-state index contributed by atoms with van der Waals surface area (Å²) in [6.07, 6.45) is 0. The van der Waals surface area contributed by atoms with Crippen molar-refractivity contribution in [3.8, 4) is 5.88 Å². The van der Waals surface area contributed by atoms with Crippen molar-refractivity contribution >= 4 is 0 Å². The summed E-state index contributed by atoms with van der Waals surface area (Å²) in [4.78, 5) is 0. The summed E-state index contributed by atoms with van der Waals surface area (Å²) in [5, 5.41) is 11.4. The van der Waals surface area contributed by atoms with Crippen LogP contribution in [0.1, 0.15) is 18.7 Å². The Morgan fingerprint density at radius 2 is 2.27 bits per heavy atom. The van der Waals surface area contributed by atoms with Crippen LogP contribution in [0.15, 0.2) is 12.1 Å². The summed E-state index contributed by atoms with van der Waals surface area (Å²) >= 11 is 0. The highest BCUT2D eigenvalue weighted by Gasteiger charge is 2.21. The lowest BCUT2D eigenvalue weighted by molar-refractivity contribution is 0.0489. The van der Waals surface area contributed by atoms with E-state index in [-0.39, 0.29) is 6.04 Å². The minimum absolute atomic E-state index is 0.132. The molecule has 1 aliphatic heterocycles. The van der Waals surface area contributed by atoms with Crippen molar-refractivity contribution in [3.63, 3.8) is 0 Å². The highest BCUT2D eigenvalue weighted by molar-refractivity contribution is 5.14. The first kappa shape index (κ1) is 10.3. The Morgan fingerprint density at radius 1 is 1.40 bits per heavy atom. The van der Waals surface area contributed by atoms with Gasteiger partial charge in [0.05, 0.1) is 32.1 Å². The average molecular weight is 209 g/mol. The number of nitrogens with one attached hydrogen (secondary N) is 1. The van der Waals surface area contributed by atoms with Crippen molar-refractivity contribution in [2.45, 2.75) is 19.0 Å². The predicted molar refractivity (Wildman–Crippen MR) is 54.7 cm³/mol. The number of rotatable bonds is 2. The van der Waals surface area contributed by atoms with Crippen LogP contribution in [0.2, 0.25) is 0 Å². The van der Waals surface area contributed by atoms with Crippen LogP contribution < -0.4 is 10.1 Å². The fourth-order valence-corrected chi connectivity index (χ4v) is 1.60. The van der Waals surface area contributed by atoms with Crippen molar-refractivity contribution in [1.29, 1.82) is 0 Å². The molecule has 2 rings (SSSR count). The Bertz CT molecular complexity index is 315. The second-order valence-corrected chi connectivity index (χ2v) is 3.66. The zero-order valence-corrected chi connectivity index (χ0v) is 8.93. The molecule has 0 spiro atoms.